The van der Waals surface area contributed by atoms with E-state index in [1.165, 1.54) is 24.4 Å². The number of rotatable bonds is 3. The zero-order chi connectivity index (χ0) is 16.6. The number of carbonyl (C=O) groups excluding carboxylic acids is 1. The molecule has 0 aliphatic carbocycles. The Labute approximate surface area is 127 Å². The minimum Gasteiger partial charge on any atom is -0.361 e. The quantitative estimate of drug-likeness (QED) is 0.557. The average Bonchev–Trinajstić information content (AvgIpc) is 2.90. The molecule has 0 bridgehead atoms. The molecule has 3 nitrogen and oxygen atoms in total. The smallest absolute Gasteiger partial charge is 0.228 e. The van der Waals surface area contributed by atoms with Gasteiger partial charge in [0.05, 0.1) is 12.1 Å². The van der Waals surface area contributed by atoms with E-state index < -0.39 is 34.9 Å². The van der Waals surface area contributed by atoms with E-state index in [4.69, 9.17) is 0 Å². The number of nitrogens with one attached hydrogen (secondary N) is 2. The van der Waals surface area contributed by atoms with Crippen LogP contribution in [0.1, 0.15) is 5.56 Å². The lowest BCUT2D eigenvalue weighted by molar-refractivity contribution is -0.115. The molecule has 0 aliphatic heterocycles. The SMILES string of the molecule is O=C(Cc1c[nH]c2cc(F)ccc12)Nc1ccc(F)c(F)c1F. The molecule has 0 fully saturated rings. The maximum Gasteiger partial charge on any atom is 0.228 e. The highest BCUT2D eigenvalue weighted by Gasteiger charge is 2.16. The second-order valence-electron chi connectivity index (χ2n) is 4.95. The van der Waals surface area contributed by atoms with E-state index in [0.717, 1.165) is 12.1 Å². The lowest BCUT2D eigenvalue weighted by Gasteiger charge is -2.07. The summed E-state index contributed by atoms with van der Waals surface area (Å²) in [5.74, 6) is -5.47. The molecule has 1 amide bonds. The standard InChI is InChI=1S/C16H10F4N2O/c17-9-1-2-10-8(7-21-13(10)6-9)5-14(23)22-12-4-3-11(18)15(19)16(12)20/h1-4,6-7,21H,5H2,(H,22,23). The van der Waals surface area contributed by atoms with Gasteiger partial charge in [0.25, 0.3) is 0 Å². The van der Waals surface area contributed by atoms with Gasteiger partial charge >= 0.3 is 0 Å². The van der Waals surface area contributed by atoms with Crippen molar-refractivity contribution in [1.82, 2.24) is 4.98 Å². The number of amides is 1. The third-order valence-corrected chi connectivity index (χ3v) is 3.39. The van der Waals surface area contributed by atoms with Crippen molar-refractivity contribution in [2.45, 2.75) is 6.42 Å². The van der Waals surface area contributed by atoms with E-state index in [9.17, 15) is 22.4 Å². The molecule has 0 aliphatic rings. The maximum absolute atomic E-state index is 13.5. The van der Waals surface area contributed by atoms with Gasteiger partial charge in [-0.15, -0.1) is 0 Å². The minimum absolute atomic E-state index is 0.135. The van der Waals surface area contributed by atoms with Crippen molar-refractivity contribution in [3.05, 3.63) is 65.4 Å². The maximum atomic E-state index is 13.5. The summed E-state index contributed by atoms with van der Waals surface area (Å²) < 4.78 is 52.6. The molecule has 0 unspecified atom stereocenters. The van der Waals surface area contributed by atoms with Crippen LogP contribution in [0.2, 0.25) is 0 Å². The van der Waals surface area contributed by atoms with Gasteiger partial charge in [-0.1, -0.05) is 0 Å². The van der Waals surface area contributed by atoms with E-state index in [-0.39, 0.29) is 6.42 Å². The molecule has 0 radical (unpaired) electrons. The van der Waals surface area contributed by atoms with Crippen LogP contribution in [0.15, 0.2) is 36.5 Å². The van der Waals surface area contributed by atoms with Crippen LogP contribution in [0.25, 0.3) is 10.9 Å². The lowest BCUT2D eigenvalue weighted by Crippen LogP contribution is -2.16. The molecule has 0 spiro atoms. The van der Waals surface area contributed by atoms with Crippen LogP contribution in [-0.4, -0.2) is 10.9 Å². The van der Waals surface area contributed by atoms with Gasteiger partial charge < -0.3 is 10.3 Å². The Kier molecular flexibility index (Phi) is 3.77. The van der Waals surface area contributed by atoms with Crippen molar-refractivity contribution in [2.75, 3.05) is 5.32 Å². The highest BCUT2D eigenvalue weighted by Crippen LogP contribution is 2.22. The first kappa shape index (κ1) is 15.1. The third-order valence-electron chi connectivity index (χ3n) is 3.39. The van der Waals surface area contributed by atoms with E-state index in [1.54, 1.807) is 0 Å². The van der Waals surface area contributed by atoms with Crippen LogP contribution in [0, 0.1) is 23.3 Å². The van der Waals surface area contributed by atoms with Crippen LogP contribution >= 0.6 is 0 Å². The molecule has 0 atom stereocenters. The number of aromatic nitrogens is 1. The summed E-state index contributed by atoms with van der Waals surface area (Å²) in [6, 6.07) is 5.72. The van der Waals surface area contributed by atoms with Gasteiger partial charge in [0.1, 0.15) is 5.82 Å². The average molecular weight is 322 g/mol. The monoisotopic (exact) mass is 322 g/mol. The van der Waals surface area contributed by atoms with Gasteiger partial charge in [-0.05, 0) is 35.9 Å². The molecule has 1 heterocycles. The summed E-state index contributed by atoms with van der Waals surface area (Å²) in [7, 11) is 0. The number of hydrogen-bond donors (Lipinski definition) is 2. The number of fused-ring (bicyclic) bond motifs is 1. The van der Waals surface area contributed by atoms with E-state index in [2.05, 4.69) is 10.3 Å². The minimum atomic E-state index is -1.65. The molecular weight excluding hydrogens is 312 g/mol. The highest BCUT2D eigenvalue weighted by atomic mass is 19.2. The molecule has 0 saturated carbocycles. The zero-order valence-electron chi connectivity index (χ0n) is 11.6. The Balaban J connectivity index is 1.80. The molecule has 3 aromatic rings. The van der Waals surface area contributed by atoms with Crippen molar-refractivity contribution in [3.63, 3.8) is 0 Å². The fraction of sp³-hybridized carbons (Fsp3) is 0.0625. The van der Waals surface area contributed by atoms with Crippen molar-refractivity contribution in [2.24, 2.45) is 0 Å². The first-order valence-corrected chi connectivity index (χ1v) is 6.64. The number of carbonyl (C=O) groups is 1. The van der Waals surface area contributed by atoms with E-state index in [1.807, 2.05) is 0 Å². The Morgan fingerprint density at radius 2 is 1.83 bits per heavy atom. The largest absolute Gasteiger partial charge is 0.361 e. The first-order chi connectivity index (χ1) is 11.0. The van der Waals surface area contributed by atoms with Gasteiger partial charge in [-0.3, -0.25) is 4.79 Å². The summed E-state index contributed by atoms with van der Waals surface area (Å²) >= 11 is 0. The number of H-pyrrole nitrogens is 1. The summed E-state index contributed by atoms with van der Waals surface area (Å²) in [5.41, 5.74) is 0.645. The Morgan fingerprint density at radius 3 is 2.61 bits per heavy atom. The summed E-state index contributed by atoms with van der Waals surface area (Å²) in [6.45, 7) is 0. The number of halogens is 4. The predicted octanol–water partition coefficient (Wildman–Crippen LogP) is 3.91. The molecule has 0 saturated heterocycles. The first-order valence-electron chi connectivity index (χ1n) is 6.64. The van der Waals surface area contributed by atoms with Crippen LogP contribution < -0.4 is 5.32 Å². The summed E-state index contributed by atoms with van der Waals surface area (Å²) in [6.07, 6.45) is 1.40. The number of aromatic amines is 1. The highest BCUT2D eigenvalue weighted by molar-refractivity contribution is 5.95. The van der Waals surface area contributed by atoms with E-state index >= 15 is 0 Å². The number of hydrogen-bond acceptors (Lipinski definition) is 1. The Hall–Kier alpha value is -2.83. The molecule has 3 rings (SSSR count). The summed E-state index contributed by atoms with van der Waals surface area (Å²) in [5, 5.41) is 2.83. The molecule has 23 heavy (non-hydrogen) atoms. The van der Waals surface area contributed by atoms with Gasteiger partial charge in [-0.2, -0.15) is 0 Å². The van der Waals surface area contributed by atoms with Gasteiger partial charge in [0.2, 0.25) is 5.91 Å². The van der Waals surface area contributed by atoms with Crippen LogP contribution in [0.3, 0.4) is 0 Å². The third kappa shape index (κ3) is 2.90. The van der Waals surface area contributed by atoms with Gasteiger partial charge in [0.15, 0.2) is 17.5 Å². The van der Waals surface area contributed by atoms with Crippen molar-refractivity contribution in [1.29, 1.82) is 0 Å². The van der Waals surface area contributed by atoms with Crippen LogP contribution in [-0.2, 0) is 11.2 Å². The molecule has 1 aromatic heterocycles. The Morgan fingerprint density at radius 1 is 1.04 bits per heavy atom. The molecular formula is C16H10F4N2O. The summed E-state index contributed by atoms with van der Waals surface area (Å²) in [4.78, 5) is 14.8. The molecule has 118 valence electrons. The zero-order valence-corrected chi connectivity index (χ0v) is 11.6. The fourth-order valence-corrected chi connectivity index (χ4v) is 2.29. The van der Waals surface area contributed by atoms with Crippen molar-refractivity contribution < 1.29 is 22.4 Å². The predicted molar refractivity (Wildman–Crippen MR) is 76.9 cm³/mol. The topological polar surface area (TPSA) is 44.9 Å². The fourth-order valence-electron chi connectivity index (χ4n) is 2.29. The van der Waals surface area contributed by atoms with Crippen LogP contribution in [0.4, 0.5) is 23.2 Å². The molecule has 2 aromatic carbocycles. The van der Waals surface area contributed by atoms with Crippen LogP contribution in [0.5, 0.6) is 0 Å². The Bertz CT molecular complexity index is 904. The molecule has 2 N–H and O–H groups in total. The van der Waals surface area contributed by atoms with Gasteiger partial charge in [0, 0.05) is 17.1 Å². The lowest BCUT2D eigenvalue weighted by atomic mass is 10.1. The second kappa shape index (κ2) is 5.75. The second-order valence-corrected chi connectivity index (χ2v) is 4.95. The molecule has 7 heteroatoms. The van der Waals surface area contributed by atoms with Crippen molar-refractivity contribution >= 4 is 22.5 Å². The number of benzene rings is 2. The number of anilines is 1. The van der Waals surface area contributed by atoms with E-state index in [0.29, 0.717) is 16.5 Å². The van der Waals surface area contributed by atoms with Crippen molar-refractivity contribution in [3.8, 4) is 0 Å². The van der Waals surface area contributed by atoms with Gasteiger partial charge in [-0.25, -0.2) is 17.6 Å². The normalized spacial score (nSPS) is 11.0.